The Kier molecular flexibility index (Phi) is 6.32. The minimum Gasteiger partial charge on any atom is -0.0999 e. The molecule has 0 spiro atoms. The van der Waals surface area contributed by atoms with Crippen LogP contribution in [0.15, 0.2) is 48.6 Å². The van der Waals surface area contributed by atoms with Gasteiger partial charge in [-0.15, -0.1) is 0 Å². The summed E-state index contributed by atoms with van der Waals surface area (Å²) in [6.45, 7) is 6.33. The van der Waals surface area contributed by atoms with Crippen LogP contribution in [0, 0.1) is 0 Å². The van der Waals surface area contributed by atoms with Gasteiger partial charge in [-0.1, -0.05) is 68.0 Å². The van der Waals surface area contributed by atoms with Crippen LogP contribution in [0.25, 0.3) is 6.08 Å². The lowest BCUT2D eigenvalue weighted by Crippen LogP contribution is -1.81. The van der Waals surface area contributed by atoms with Crippen LogP contribution in [0.2, 0.25) is 0 Å². The van der Waals surface area contributed by atoms with Gasteiger partial charge in [-0.3, -0.25) is 0 Å². The Morgan fingerprint density at radius 2 is 1.94 bits per heavy atom. The smallest absolute Gasteiger partial charge is 0.0260 e. The molecule has 0 aliphatic carbocycles. The van der Waals surface area contributed by atoms with Gasteiger partial charge in [0.1, 0.15) is 0 Å². The van der Waals surface area contributed by atoms with Crippen LogP contribution in [0.1, 0.15) is 44.6 Å². The molecular formula is C16H22. The quantitative estimate of drug-likeness (QED) is 0.545. The molecule has 0 saturated carbocycles. The van der Waals surface area contributed by atoms with E-state index in [1.807, 2.05) is 6.07 Å². The molecule has 0 nitrogen and oxygen atoms in total. The summed E-state index contributed by atoms with van der Waals surface area (Å²) < 4.78 is 0. The molecule has 0 atom stereocenters. The second-order valence-electron chi connectivity index (χ2n) is 4.21. The Labute approximate surface area is 99.7 Å². The van der Waals surface area contributed by atoms with Gasteiger partial charge in [0.15, 0.2) is 0 Å². The Bertz CT molecular complexity index is 319. The maximum atomic E-state index is 4.10. The van der Waals surface area contributed by atoms with Crippen molar-refractivity contribution in [1.82, 2.24) is 0 Å². The summed E-state index contributed by atoms with van der Waals surface area (Å²) >= 11 is 0. The minimum absolute atomic E-state index is 1.11. The Morgan fingerprint density at radius 3 is 2.62 bits per heavy atom. The molecule has 0 aromatic heterocycles. The van der Waals surface area contributed by atoms with Gasteiger partial charge in [0.25, 0.3) is 0 Å². The first-order valence-electron chi connectivity index (χ1n) is 6.21. The summed E-state index contributed by atoms with van der Waals surface area (Å²) in [5, 5.41) is 0. The number of rotatable bonds is 7. The highest BCUT2D eigenvalue weighted by atomic mass is 14.0. The SMILES string of the molecule is C=C(CCC=Cc1ccccc1)CCCC. The summed E-state index contributed by atoms with van der Waals surface area (Å²) in [4.78, 5) is 0. The molecule has 0 heteroatoms. The lowest BCUT2D eigenvalue weighted by molar-refractivity contribution is 0.757. The number of allylic oxidation sites excluding steroid dienone is 2. The van der Waals surface area contributed by atoms with Crippen molar-refractivity contribution in [3.63, 3.8) is 0 Å². The van der Waals surface area contributed by atoms with E-state index >= 15 is 0 Å². The van der Waals surface area contributed by atoms with E-state index in [1.165, 1.54) is 30.4 Å². The molecule has 86 valence electrons. The molecule has 0 radical (unpaired) electrons. The van der Waals surface area contributed by atoms with Gasteiger partial charge in [0, 0.05) is 0 Å². The van der Waals surface area contributed by atoms with Gasteiger partial charge in [0.05, 0.1) is 0 Å². The average Bonchev–Trinajstić information content (AvgIpc) is 2.33. The summed E-state index contributed by atoms with van der Waals surface area (Å²) in [6.07, 6.45) is 10.4. The molecule has 16 heavy (non-hydrogen) atoms. The molecule has 1 aromatic rings. The zero-order valence-corrected chi connectivity index (χ0v) is 10.3. The maximum Gasteiger partial charge on any atom is -0.0260 e. The summed E-state index contributed by atoms with van der Waals surface area (Å²) in [5.41, 5.74) is 2.67. The van der Waals surface area contributed by atoms with Crippen molar-refractivity contribution in [1.29, 1.82) is 0 Å². The molecule has 0 aliphatic rings. The van der Waals surface area contributed by atoms with Gasteiger partial charge >= 0.3 is 0 Å². The van der Waals surface area contributed by atoms with Crippen LogP contribution in [0.4, 0.5) is 0 Å². The van der Waals surface area contributed by atoms with Crippen molar-refractivity contribution in [2.45, 2.75) is 39.0 Å². The Morgan fingerprint density at radius 1 is 1.19 bits per heavy atom. The molecule has 1 aromatic carbocycles. The average molecular weight is 214 g/mol. The Balaban J connectivity index is 2.20. The second kappa shape index (κ2) is 7.92. The van der Waals surface area contributed by atoms with E-state index in [4.69, 9.17) is 0 Å². The van der Waals surface area contributed by atoms with E-state index in [-0.39, 0.29) is 0 Å². The lowest BCUT2D eigenvalue weighted by atomic mass is 10.1. The van der Waals surface area contributed by atoms with Gasteiger partial charge in [-0.2, -0.15) is 0 Å². The van der Waals surface area contributed by atoms with Gasteiger partial charge in [-0.25, -0.2) is 0 Å². The molecule has 0 bridgehead atoms. The van der Waals surface area contributed by atoms with E-state index in [0.717, 1.165) is 12.8 Å². The van der Waals surface area contributed by atoms with E-state index in [0.29, 0.717) is 0 Å². The third-order valence-corrected chi connectivity index (χ3v) is 2.66. The van der Waals surface area contributed by atoms with Crippen LogP contribution < -0.4 is 0 Å². The van der Waals surface area contributed by atoms with Crippen LogP contribution >= 0.6 is 0 Å². The molecule has 0 unspecified atom stereocenters. The van der Waals surface area contributed by atoms with Crippen molar-refractivity contribution in [3.8, 4) is 0 Å². The monoisotopic (exact) mass is 214 g/mol. The third-order valence-electron chi connectivity index (χ3n) is 2.66. The highest BCUT2D eigenvalue weighted by Gasteiger charge is 1.92. The van der Waals surface area contributed by atoms with Crippen molar-refractivity contribution in [3.05, 3.63) is 54.1 Å². The predicted molar refractivity (Wildman–Crippen MR) is 73.4 cm³/mol. The maximum absolute atomic E-state index is 4.10. The van der Waals surface area contributed by atoms with Crippen LogP contribution in [-0.4, -0.2) is 0 Å². The summed E-state index contributed by atoms with van der Waals surface area (Å²) in [5.74, 6) is 0. The minimum atomic E-state index is 1.11. The van der Waals surface area contributed by atoms with Gasteiger partial charge in [-0.05, 0) is 31.2 Å². The summed E-state index contributed by atoms with van der Waals surface area (Å²) in [6, 6.07) is 10.4. The third kappa shape index (κ3) is 5.55. The number of unbranched alkanes of at least 4 members (excludes halogenated alkanes) is 1. The normalized spacial score (nSPS) is 10.8. The van der Waals surface area contributed by atoms with E-state index < -0.39 is 0 Å². The molecule has 0 aliphatic heterocycles. The van der Waals surface area contributed by atoms with Gasteiger partial charge < -0.3 is 0 Å². The zero-order chi connectivity index (χ0) is 11.6. The molecule has 0 amide bonds. The van der Waals surface area contributed by atoms with Crippen LogP contribution in [0.3, 0.4) is 0 Å². The van der Waals surface area contributed by atoms with Crippen molar-refractivity contribution in [2.24, 2.45) is 0 Å². The second-order valence-corrected chi connectivity index (χ2v) is 4.21. The van der Waals surface area contributed by atoms with Crippen LogP contribution in [-0.2, 0) is 0 Å². The van der Waals surface area contributed by atoms with Crippen molar-refractivity contribution < 1.29 is 0 Å². The Hall–Kier alpha value is -1.30. The molecule has 0 N–H and O–H groups in total. The van der Waals surface area contributed by atoms with Crippen molar-refractivity contribution in [2.75, 3.05) is 0 Å². The largest absolute Gasteiger partial charge is 0.0999 e. The first kappa shape index (κ1) is 12.8. The molecule has 0 saturated heterocycles. The fourth-order valence-corrected chi connectivity index (χ4v) is 1.62. The van der Waals surface area contributed by atoms with Gasteiger partial charge in [0.2, 0.25) is 0 Å². The molecule has 0 fully saturated rings. The summed E-state index contributed by atoms with van der Waals surface area (Å²) in [7, 11) is 0. The number of hydrogen-bond acceptors (Lipinski definition) is 0. The highest BCUT2D eigenvalue weighted by molar-refractivity contribution is 5.48. The van der Waals surface area contributed by atoms with Crippen LogP contribution in [0.5, 0.6) is 0 Å². The van der Waals surface area contributed by atoms with E-state index in [9.17, 15) is 0 Å². The number of benzene rings is 1. The lowest BCUT2D eigenvalue weighted by Gasteiger charge is -2.01. The molecule has 1 rings (SSSR count). The standard InChI is InChI=1S/C16H22/c1-3-4-10-15(2)11-8-9-14-16-12-6-5-7-13-16/h5-7,9,12-14H,2-4,8,10-11H2,1H3. The topological polar surface area (TPSA) is 0 Å². The van der Waals surface area contributed by atoms with E-state index in [1.54, 1.807) is 0 Å². The van der Waals surface area contributed by atoms with Crippen molar-refractivity contribution >= 4 is 6.08 Å². The first-order valence-corrected chi connectivity index (χ1v) is 6.21. The predicted octanol–water partition coefficient (Wildman–Crippen LogP) is 5.23. The highest BCUT2D eigenvalue weighted by Crippen LogP contribution is 2.12. The molecule has 0 heterocycles. The van der Waals surface area contributed by atoms with E-state index in [2.05, 4.69) is 49.9 Å². The fourth-order valence-electron chi connectivity index (χ4n) is 1.62. The molecular weight excluding hydrogens is 192 g/mol. The fraction of sp³-hybridized carbons (Fsp3) is 0.375. The zero-order valence-electron chi connectivity index (χ0n) is 10.3. The first-order chi connectivity index (χ1) is 7.83. The number of hydrogen-bond donors (Lipinski definition) is 0.